The van der Waals surface area contributed by atoms with E-state index >= 15 is 0 Å². The van der Waals surface area contributed by atoms with E-state index in [2.05, 4.69) is 167 Å². The number of H-pyrrole nitrogens is 4. The molecule has 684 valence electrons. The van der Waals surface area contributed by atoms with Gasteiger partial charge in [-0.25, -0.2) is 48.7 Å². The van der Waals surface area contributed by atoms with Crippen LogP contribution in [-0.4, -0.2) is 202 Å². The van der Waals surface area contributed by atoms with Gasteiger partial charge in [-0.2, -0.15) is 0 Å². The van der Waals surface area contributed by atoms with E-state index in [0.29, 0.717) is 37.8 Å². The number of hydrogen-bond acceptors (Lipinski definition) is 18. The zero-order valence-corrected chi connectivity index (χ0v) is 76.0. The number of imidazole rings is 4. The summed E-state index contributed by atoms with van der Waals surface area (Å²) in [5, 5.41) is 23.3. The molecule has 4 aliphatic carbocycles. The first-order valence-electron chi connectivity index (χ1n) is 45.4. The van der Waals surface area contributed by atoms with Crippen molar-refractivity contribution >= 4 is 75.7 Å². The second-order valence-corrected chi connectivity index (χ2v) is 38.0. The van der Waals surface area contributed by atoms with Crippen molar-refractivity contribution in [1.29, 1.82) is 0 Å². The Balaban J connectivity index is 0.000000171. The summed E-state index contributed by atoms with van der Waals surface area (Å²) >= 11 is 0. The van der Waals surface area contributed by atoms with Crippen molar-refractivity contribution in [2.24, 2.45) is 34.5 Å². The second kappa shape index (κ2) is 37.2. The van der Waals surface area contributed by atoms with Gasteiger partial charge >= 0.3 is 36.4 Å². The number of carbonyl (C=O) groups excluding carboxylic acids is 8. The number of nitrogens with zero attached hydrogens (tertiary/aromatic N) is 8. The molecule has 8 aliphatic rings. The fraction of sp³-hybridized carbons (Fsp3) is 0.465. The quantitative estimate of drug-likeness (QED) is 0.0285. The Morgan fingerprint density at radius 2 is 0.762 bits per heavy atom. The Hall–Kier alpha value is -13.1. The van der Waals surface area contributed by atoms with Crippen LogP contribution in [0.25, 0.3) is 88.8 Å². The van der Waals surface area contributed by atoms with E-state index in [1.54, 1.807) is 6.92 Å². The first-order chi connectivity index (χ1) is 62.4. The molecule has 4 saturated carbocycles. The normalized spacial score (nSPS) is 21.4. The Morgan fingerprint density at radius 1 is 0.431 bits per heavy atom. The van der Waals surface area contributed by atoms with Crippen molar-refractivity contribution in [3.05, 3.63) is 169 Å². The molecule has 8 heterocycles. The minimum Gasteiger partial charge on any atom is -0.480 e. The number of benzene rings is 6. The van der Waals surface area contributed by atoms with Gasteiger partial charge < -0.3 is 84.7 Å². The van der Waals surface area contributed by atoms with Crippen molar-refractivity contribution < 1.29 is 71.9 Å². The average Bonchev–Trinajstić information content (AvgIpc) is 1.57. The van der Waals surface area contributed by atoms with Crippen LogP contribution in [0.4, 0.5) is 24.0 Å². The van der Waals surface area contributed by atoms with Crippen molar-refractivity contribution in [3.8, 4) is 67.3 Å². The summed E-state index contributed by atoms with van der Waals surface area (Å²) in [5.74, 6) is 2.29. The zero-order valence-electron chi connectivity index (χ0n) is 76.0. The van der Waals surface area contributed by atoms with Crippen LogP contribution in [0.2, 0.25) is 0 Å². The molecule has 0 unspecified atom stereocenters. The minimum absolute atomic E-state index is 0.0884. The maximum Gasteiger partial charge on any atom is 0.411 e. The van der Waals surface area contributed by atoms with Crippen molar-refractivity contribution in [2.45, 2.75) is 218 Å². The molecule has 8 fully saturated rings. The third kappa shape index (κ3) is 19.0. The highest BCUT2D eigenvalue weighted by molar-refractivity contribution is 5.94. The molecule has 130 heavy (non-hydrogen) atoms. The standard InChI is InChI=1S/C47H54N8O6.C46H53N7O5.C6H11NO4/c1-6-35(52-45(58)60-4)43(56)55-34-16-15-33(21-34)40(55)42-49-23-36(51-42)28-9-7-27(8-10-28)29-11-12-31-20-32(14-13-30(31)19-29)37-24-48-41(50-37)38-22-47(17-18-47)25-54(38)44(57)39(26(2)3)53-46(59)61-5;1-26(2)38(51-43(55)57-6)42(54)52-25-46(17-18-46)22-37(52)40-47-24-36(49-40)32-14-13-30-19-29(11-12-31(30)20-32)27-7-9-28(10-8-27)35-23-48-41(50-35)39-33-15-16-34(21-33)53(39)44(56)58-45(3,4)5;1-3-4(5(8)9)7-6(10)11-2/h7-14,19-20,23-24,26,33-35,38-40H,6,15-18,21-22,25H2,1-5H3,(H,48,50)(H,49,51)(H,52,58)(H,53,59);7-14,19-20,23-24,26,33-34,37-39H,15-18,21-22,25H2,1-6H3,(H,47,49)(H,48,50)(H,51,55);4H,3H2,1-2H3,(H,7,10)(H,8,9)/t33-,34+,35-,38-,39-,40-;33-,34+,37-,38-,39-;4-/m000/s1. The Bertz CT molecular complexity index is 5880. The van der Waals surface area contributed by atoms with Crippen LogP contribution >= 0.6 is 0 Å². The molecule has 8 amide bonds. The Labute approximate surface area is 755 Å². The van der Waals surface area contributed by atoms with E-state index in [1.807, 2.05) is 99.8 Å². The Kier molecular flexibility index (Phi) is 25.8. The number of alkyl carbamates (subject to hydrolysis) is 4. The monoisotopic (exact) mass is 1770 g/mol. The van der Waals surface area contributed by atoms with Gasteiger partial charge in [0.05, 0.1) is 100 Å². The van der Waals surface area contributed by atoms with Gasteiger partial charge in [0.25, 0.3) is 0 Å². The van der Waals surface area contributed by atoms with Gasteiger partial charge in [-0.05, 0) is 224 Å². The fourth-order valence-electron chi connectivity index (χ4n) is 20.2. The molecule has 4 aromatic heterocycles. The SMILES string of the molecule is CC[C@H](NC(=O)OC)C(=O)N1[C@@H]2CC[C@@H](C2)[C@H]1c1ncc(-c2ccc(-c3ccc4cc(-c5cnc([C@@H]6CC7(CC7)CN6C(=O)[C@@H](NC(=O)OC)C(C)C)[nH]5)ccc4c3)cc2)[nH]1.CC[C@H](NC(=O)OC)C(=O)O.COC(=O)N[C@H](C(=O)N1CC2(CC2)C[C@H]1c1ncc(-c2ccc3cc(-c4ccc(-c5cnc([C@@H]6[C@H]7CC[C@H](C7)N6C(=O)OC(C)(C)C)[nH]5)cc4)ccc3c2)[nH]1)C(C)C. The van der Waals surface area contributed by atoms with Crippen LogP contribution in [0.15, 0.2) is 146 Å². The molecule has 2 spiro atoms. The number of aromatic amines is 4. The summed E-state index contributed by atoms with van der Waals surface area (Å²) in [5.41, 5.74) is 11.8. The topological polar surface area (TPSA) is 396 Å². The van der Waals surface area contributed by atoms with Crippen LogP contribution in [0.5, 0.6) is 0 Å². The van der Waals surface area contributed by atoms with Gasteiger partial charge in [-0.3, -0.25) is 19.3 Å². The molecule has 4 bridgehead atoms. The van der Waals surface area contributed by atoms with Crippen LogP contribution in [0, 0.1) is 34.5 Å². The number of likely N-dealkylation sites (tertiary alicyclic amines) is 4. The van der Waals surface area contributed by atoms with E-state index in [9.17, 15) is 43.2 Å². The largest absolute Gasteiger partial charge is 0.480 e. The van der Waals surface area contributed by atoms with Crippen LogP contribution in [0.3, 0.4) is 0 Å². The first kappa shape index (κ1) is 90.3. The third-order valence-electron chi connectivity index (χ3n) is 27.6. The van der Waals surface area contributed by atoms with Crippen LogP contribution in [0.1, 0.15) is 200 Å². The van der Waals surface area contributed by atoms with Crippen molar-refractivity contribution in [3.63, 3.8) is 0 Å². The average molecular weight is 1770 g/mol. The van der Waals surface area contributed by atoms with Crippen molar-refractivity contribution in [2.75, 3.05) is 41.5 Å². The van der Waals surface area contributed by atoms with Gasteiger partial charge in [0, 0.05) is 36.3 Å². The number of amides is 8. The fourth-order valence-corrected chi connectivity index (χ4v) is 20.2. The van der Waals surface area contributed by atoms with Crippen molar-refractivity contribution in [1.82, 2.24) is 80.7 Å². The lowest BCUT2D eigenvalue weighted by atomic mass is 9.97. The highest BCUT2D eigenvalue weighted by Gasteiger charge is 2.58. The van der Waals surface area contributed by atoms with Crippen LogP contribution < -0.4 is 21.3 Å². The highest BCUT2D eigenvalue weighted by atomic mass is 16.6. The molecule has 4 aliphatic heterocycles. The molecule has 12 atom stereocenters. The lowest BCUT2D eigenvalue weighted by Gasteiger charge is -2.36. The summed E-state index contributed by atoms with van der Waals surface area (Å²) in [6.07, 6.45) is 17.6. The summed E-state index contributed by atoms with van der Waals surface area (Å²) in [7, 11) is 5.11. The van der Waals surface area contributed by atoms with E-state index in [4.69, 9.17) is 44.0 Å². The van der Waals surface area contributed by atoms with E-state index in [1.165, 1.54) is 28.4 Å². The van der Waals surface area contributed by atoms with Gasteiger partial charge in [0.2, 0.25) is 17.7 Å². The number of ether oxygens (including phenoxy) is 5. The molecular formula is C99H118N16O15. The summed E-state index contributed by atoms with van der Waals surface area (Å²) in [6, 6.07) is 39.6. The summed E-state index contributed by atoms with van der Waals surface area (Å²) in [4.78, 5) is 153. The number of nitrogens with one attached hydrogen (secondary N) is 8. The minimum atomic E-state index is -1.06. The smallest absolute Gasteiger partial charge is 0.411 e. The maximum absolute atomic E-state index is 13.9. The number of carbonyl (C=O) groups is 9. The molecule has 6 aromatic carbocycles. The zero-order chi connectivity index (χ0) is 91.9. The number of piperidine rings is 2. The van der Waals surface area contributed by atoms with Crippen LogP contribution in [-0.2, 0) is 42.9 Å². The summed E-state index contributed by atoms with van der Waals surface area (Å²) in [6.45, 7) is 18.3. The van der Waals surface area contributed by atoms with E-state index < -0.39 is 60.1 Å². The summed E-state index contributed by atoms with van der Waals surface area (Å²) < 4.78 is 24.4. The third-order valence-corrected chi connectivity index (χ3v) is 27.6. The molecule has 31 heteroatoms. The first-order valence-corrected chi connectivity index (χ1v) is 45.4. The maximum atomic E-state index is 13.9. The predicted molar refractivity (Wildman–Crippen MR) is 488 cm³/mol. The highest BCUT2D eigenvalue weighted by Crippen LogP contribution is 2.60. The predicted octanol–water partition coefficient (Wildman–Crippen LogP) is 17.3. The number of carboxylic acids is 1. The molecule has 18 rings (SSSR count). The number of aromatic nitrogens is 8. The lowest BCUT2D eigenvalue weighted by molar-refractivity contribution is -0.139. The molecule has 9 N–H and O–H groups in total. The second-order valence-electron chi connectivity index (χ2n) is 38.0. The van der Waals surface area contributed by atoms with Gasteiger partial charge in [0.1, 0.15) is 53.1 Å². The van der Waals surface area contributed by atoms with E-state index in [0.717, 1.165) is 189 Å². The number of aliphatic carboxylic acids is 1. The van der Waals surface area contributed by atoms with Gasteiger partial charge in [-0.15, -0.1) is 0 Å². The number of hydrogen-bond donors (Lipinski definition) is 9. The molecule has 31 nitrogen and oxygen atoms in total. The molecule has 4 saturated heterocycles. The lowest BCUT2D eigenvalue weighted by Crippen LogP contribution is -2.51. The Morgan fingerprint density at radius 3 is 1.13 bits per heavy atom. The van der Waals surface area contributed by atoms with Gasteiger partial charge in [0.15, 0.2) is 0 Å². The van der Waals surface area contributed by atoms with E-state index in [-0.39, 0.29) is 82.7 Å². The van der Waals surface area contributed by atoms with Gasteiger partial charge in [-0.1, -0.05) is 139 Å². The number of carboxylic acid groups (broad SMARTS) is 1. The number of fused-ring (bicyclic) bond motifs is 6. The number of rotatable bonds is 22. The number of methoxy groups -OCH3 is 4. The molecular weight excluding hydrogens is 1650 g/mol. The molecule has 0 radical (unpaired) electrons. The molecule has 10 aromatic rings.